The number of nitrogens with two attached hydrogens (primary N) is 2. The van der Waals surface area contributed by atoms with Crippen LogP contribution in [-0.4, -0.2) is 47.8 Å². The Morgan fingerprint density at radius 3 is 2.55 bits per heavy atom. The molecule has 0 unspecified atom stereocenters. The van der Waals surface area contributed by atoms with E-state index in [0.717, 1.165) is 25.3 Å². The Morgan fingerprint density at radius 2 is 1.97 bits per heavy atom. The predicted molar refractivity (Wildman–Crippen MR) is 121 cm³/mol. The molecular weight excluding hydrogens is 432 g/mol. The summed E-state index contributed by atoms with van der Waals surface area (Å²) in [6.45, 7) is 4.00. The molecule has 0 radical (unpaired) electrons. The number of ether oxygens (including phenoxy) is 1. The topological polar surface area (TPSA) is 131 Å². The number of aromatic nitrogens is 2. The zero-order chi connectivity index (χ0) is 23.6. The Hall–Kier alpha value is -3.05. The number of carbonyl (C=O) groups is 1. The fraction of sp³-hybridized carbons (Fsp3) is 0.500. The first-order chi connectivity index (χ1) is 15.8. The standard InChI is InChI=1S/C22H29F2N7O2/c1-2-22(26,13-4-3-5-13)30-20-16(23)11-15(18(25)32)19(29-20)28-14-10-17(24)21(27-12-14)31-6-8-33-9-7-31/h10-13H,2-9,26H2,1H3,(H2,25,32)(H2,28,29,30)/t22-/m1/s1. The van der Waals surface area contributed by atoms with Crippen LogP contribution >= 0.6 is 0 Å². The summed E-state index contributed by atoms with van der Waals surface area (Å²) >= 11 is 0. The van der Waals surface area contributed by atoms with Crippen molar-refractivity contribution in [3.8, 4) is 0 Å². The van der Waals surface area contributed by atoms with E-state index >= 15 is 0 Å². The first-order valence-corrected chi connectivity index (χ1v) is 11.1. The second-order valence-corrected chi connectivity index (χ2v) is 8.48. The van der Waals surface area contributed by atoms with Crippen LogP contribution in [0, 0.1) is 17.6 Å². The molecule has 11 heteroatoms. The van der Waals surface area contributed by atoms with Crippen molar-refractivity contribution in [1.82, 2.24) is 9.97 Å². The van der Waals surface area contributed by atoms with Crippen molar-refractivity contribution < 1.29 is 18.3 Å². The van der Waals surface area contributed by atoms with E-state index in [-0.39, 0.29) is 34.6 Å². The van der Waals surface area contributed by atoms with E-state index in [2.05, 4.69) is 20.6 Å². The van der Waals surface area contributed by atoms with Gasteiger partial charge in [-0.05, 0) is 31.2 Å². The molecule has 0 bridgehead atoms. The molecule has 1 saturated carbocycles. The first-order valence-electron chi connectivity index (χ1n) is 11.1. The van der Waals surface area contributed by atoms with Gasteiger partial charge in [0.1, 0.15) is 5.82 Å². The summed E-state index contributed by atoms with van der Waals surface area (Å²) in [6, 6.07) is 2.25. The second kappa shape index (κ2) is 9.44. The quantitative estimate of drug-likeness (QED) is 0.441. The lowest BCUT2D eigenvalue weighted by Crippen LogP contribution is -2.56. The smallest absolute Gasteiger partial charge is 0.252 e. The van der Waals surface area contributed by atoms with Crippen LogP contribution in [0.3, 0.4) is 0 Å². The lowest BCUT2D eigenvalue weighted by atomic mass is 9.74. The molecule has 1 amide bonds. The molecule has 1 atom stereocenters. The number of nitrogens with zero attached hydrogens (tertiary/aromatic N) is 3. The average molecular weight is 462 g/mol. The van der Waals surface area contributed by atoms with Crippen molar-refractivity contribution in [1.29, 1.82) is 0 Å². The van der Waals surface area contributed by atoms with Gasteiger partial charge in [-0.2, -0.15) is 0 Å². The highest BCUT2D eigenvalue weighted by molar-refractivity contribution is 5.98. The van der Waals surface area contributed by atoms with Gasteiger partial charge in [0.2, 0.25) is 0 Å². The Labute approximate surface area is 190 Å². The van der Waals surface area contributed by atoms with E-state index in [1.807, 2.05) is 6.92 Å². The van der Waals surface area contributed by atoms with Crippen LogP contribution < -0.4 is 27.0 Å². The second-order valence-electron chi connectivity index (χ2n) is 8.48. The molecule has 0 aromatic carbocycles. The van der Waals surface area contributed by atoms with Gasteiger partial charge in [-0.25, -0.2) is 18.7 Å². The molecule has 2 aromatic rings. The maximum absolute atomic E-state index is 14.8. The first kappa shape index (κ1) is 23.1. The number of halogens is 2. The molecule has 2 fully saturated rings. The predicted octanol–water partition coefficient (Wildman–Crippen LogP) is 2.71. The third-order valence-electron chi connectivity index (χ3n) is 6.41. The summed E-state index contributed by atoms with van der Waals surface area (Å²) < 4.78 is 34.8. The van der Waals surface area contributed by atoms with E-state index in [4.69, 9.17) is 16.2 Å². The van der Waals surface area contributed by atoms with Gasteiger partial charge in [-0.15, -0.1) is 0 Å². The lowest BCUT2D eigenvalue weighted by Gasteiger charge is -2.43. The van der Waals surface area contributed by atoms with Crippen molar-refractivity contribution in [2.24, 2.45) is 17.4 Å². The van der Waals surface area contributed by atoms with Crippen molar-refractivity contribution in [3.63, 3.8) is 0 Å². The van der Waals surface area contributed by atoms with Gasteiger partial charge in [0.15, 0.2) is 23.3 Å². The third-order valence-corrected chi connectivity index (χ3v) is 6.41. The monoisotopic (exact) mass is 461 g/mol. The van der Waals surface area contributed by atoms with E-state index in [0.29, 0.717) is 32.7 Å². The minimum atomic E-state index is -0.873. The van der Waals surface area contributed by atoms with Crippen LogP contribution in [0.25, 0.3) is 0 Å². The summed E-state index contributed by atoms with van der Waals surface area (Å²) in [6.07, 6.45) is 4.96. The molecule has 6 N–H and O–H groups in total. The number of rotatable bonds is 8. The summed E-state index contributed by atoms with van der Waals surface area (Å²) in [5.74, 6) is -1.87. The van der Waals surface area contributed by atoms with Crippen molar-refractivity contribution in [2.75, 3.05) is 41.8 Å². The summed E-state index contributed by atoms with van der Waals surface area (Å²) in [4.78, 5) is 22.2. The number of morpholine rings is 1. The van der Waals surface area contributed by atoms with Crippen LogP contribution in [0.4, 0.5) is 31.9 Å². The number of hydrogen-bond donors (Lipinski definition) is 4. The molecule has 3 heterocycles. The lowest BCUT2D eigenvalue weighted by molar-refractivity contribution is 0.100. The van der Waals surface area contributed by atoms with Crippen LogP contribution in [0.1, 0.15) is 43.0 Å². The average Bonchev–Trinajstić information content (AvgIpc) is 2.75. The Morgan fingerprint density at radius 1 is 1.24 bits per heavy atom. The Kier molecular flexibility index (Phi) is 6.61. The van der Waals surface area contributed by atoms with E-state index < -0.39 is 23.2 Å². The number of carbonyl (C=O) groups excluding carboxylic acids is 1. The molecule has 1 aliphatic heterocycles. The van der Waals surface area contributed by atoms with Gasteiger partial charge in [-0.1, -0.05) is 13.3 Å². The SMILES string of the molecule is CC[C@@](N)(Nc1nc(Nc2cnc(N3CCOCC3)c(F)c2)c(C(N)=O)cc1F)C1CCC1. The van der Waals surface area contributed by atoms with E-state index in [1.165, 1.54) is 12.3 Å². The molecule has 4 rings (SSSR count). The largest absolute Gasteiger partial charge is 0.378 e. The number of pyridine rings is 2. The molecule has 2 aromatic heterocycles. The molecule has 2 aliphatic rings. The number of anilines is 4. The number of hydrogen-bond acceptors (Lipinski definition) is 8. The summed E-state index contributed by atoms with van der Waals surface area (Å²) in [5.41, 5.74) is 11.2. The highest BCUT2D eigenvalue weighted by atomic mass is 19.1. The maximum Gasteiger partial charge on any atom is 0.252 e. The molecule has 0 spiro atoms. The van der Waals surface area contributed by atoms with Crippen molar-refractivity contribution >= 4 is 29.0 Å². The summed E-state index contributed by atoms with van der Waals surface area (Å²) in [7, 11) is 0. The zero-order valence-corrected chi connectivity index (χ0v) is 18.5. The summed E-state index contributed by atoms with van der Waals surface area (Å²) in [5, 5.41) is 5.87. The third kappa shape index (κ3) is 4.83. The van der Waals surface area contributed by atoms with Gasteiger partial charge in [0.25, 0.3) is 5.91 Å². The molecule has 33 heavy (non-hydrogen) atoms. The van der Waals surface area contributed by atoms with Gasteiger partial charge >= 0.3 is 0 Å². The van der Waals surface area contributed by atoms with Crippen LogP contribution in [0.2, 0.25) is 0 Å². The molecule has 1 aliphatic carbocycles. The number of amides is 1. The highest BCUT2D eigenvalue weighted by Crippen LogP contribution is 2.37. The Balaban J connectivity index is 1.61. The van der Waals surface area contributed by atoms with Gasteiger partial charge in [-0.3, -0.25) is 4.79 Å². The highest BCUT2D eigenvalue weighted by Gasteiger charge is 2.38. The number of nitrogens with one attached hydrogen (secondary N) is 2. The molecule has 178 valence electrons. The van der Waals surface area contributed by atoms with Crippen molar-refractivity contribution in [3.05, 3.63) is 35.5 Å². The van der Waals surface area contributed by atoms with Gasteiger partial charge in [0.05, 0.1) is 36.3 Å². The molecule has 1 saturated heterocycles. The normalized spacial score (nSPS) is 18.4. The van der Waals surface area contributed by atoms with Gasteiger partial charge in [0, 0.05) is 19.2 Å². The number of primary amides is 1. The Bertz CT molecular complexity index is 1030. The zero-order valence-electron chi connectivity index (χ0n) is 18.5. The minimum absolute atomic E-state index is 0.0150. The van der Waals surface area contributed by atoms with Crippen molar-refractivity contribution in [2.45, 2.75) is 38.3 Å². The maximum atomic E-state index is 14.8. The van der Waals surface area contributed by atoms with Crippen LogP contribution in [0.15, 0.2) is 18.3 Å². The van der Waals surface area contributed by atoms with Crippen LogP contribution in [0.5, 0.6) is 0 Å². The van der Waals surface area contributed by atoms with Gasteiger partial charge < -0.3 is 31.7 Å². The molecule has 9 nitrogen and oxygen atoms in total. The van der Waals surface area contributed by atoms with E-state index in [9.17, 15) is 13.6 Å². The fourth-order valence-corrected chi connectivity index (χ4v) is 4.13. The fourth-order valence-electron chi connectivity index (χ4n) is 4.13. The van der Waals surface area contributed by atoms with Crippen LogP contribution in [-0.2, 0) is 4.74 Å². The minimum Gasteiger partial charge on any atom is -0.378 e. The van der Waals surface area contributed by atoms with E-state index in [1.54, 1.807) is 4.90 Å². The molecular formula is C22H29F2N7O2.